The maximum atomic E-state index is 15.7. The first-order valence-corrected chi connectivity index (χ1v) is 12.6. The van der Waals surface area contributed by atoms with Gasteiger partial charge in [0.1, 0.15) is 28.8 Å². The lowest BCUT2D eigenvalue weighted by molar-refractivity contribution is 0.0695. The zero-order chi connectivity index (χ0) is 27.4. The van der Waals surface area contributed by atoms with Gasteiger partial charge in [-0.25, -0.2) is 14.2 Å². The number of rotatable bonds is 7. The van der Waals surface area contributed by atoms with E-state index in [9.17, 15) is 14.7 Å². The Labute approximate surface area is 226 Å². The minimum Gasteiger partial charge on any atom is -0.481 e. The number of pyridine rings is 3. The highest BCUT2D eigenvalue weighted by atomic mass is 35.5. The van der Waals surface area contributed by atoms with Gasteiger partial charge in [0.05, 0.1) is 30.0 Å². The lowest BCUT2D eigenvalue weighted by atomic mass is 10.1. The molecule has 0 radical (unpaired) electrons. The van der Waals surface area contributed by atoms with Crippen LogP contribution in [-0.2, 0) is 0 Å². The summed E-state index contributed by atoms with van der Waals surface area (Å²) in [5.41, 5.74) is 5.73. The van der Waals surface area contributed by atoms with Crippen LogP contribution < -0.4 is 25.5 Å². The summed E-state index contributed by atoms with van der Waals surface area (Å²) >= 11 is 6.25. The van der Waals surface area contributed by atoms with Gasteiger partial charge in [0.2, 0.25) is 17.2 Å². The van der Waals surface area contributed by atoms with E-state index in [0.717, 1.165) is 18.9 Å². The Morgan fingerprint density at radius 1 is 1.26 bits per heavy atom. The lowest BCUT2D eigenvalue weighted by Crippen LogP contribution is -2.38. The Morgan fingerprint density at radius 3 is 2.82 bits per heavy atom. The van der Waals surface area contributed by atoms with E-state index in [2.05, 4.69) is 9.97 Å². The lowest BCUT2D eigenvalue weighted by Gasteiger charge is -2.30. The number of carboxylic acid groups (broad SMARTS) is 1. The minimum absolute atomic E-state index is 0.0572. The third-order valence-electron chi connectivity index (χ3n) is 7.24. The van der Waals surface area contributed by atoms with Crippen molar-refractivity contribution in [3.05, 3.63) is 75.4 Å². The van der Waals surface area contributed by atoms with Gasteiger partial charge in [-0.15, -0.1) is 0 Å². The average molecular weight is 552 g/mol. The SMILES string of the molecule is COc1ccc(Cl)c(OC[C@H]2C[C@@H]3C[C@@H]3N2c2cc3c(cc2F)c(=O)c(C(=O)O)cn3-c2ccnc(N)c2)n1. The van der Waals surface area contributed by atoms with Crippen LogP contribution in [0.4, 0.5) is 15.9 Å². The second-order valence-electron chi connectivity index (χ2n) is 9.62. The summed E-state index contributed by atoms with van der Waals surface area (Å²) in [7, 11) is 1.49. The van der Waals surface area contributed by atoms with E-state index in [-0.39, 0.29) is 35.8 Å². The molecule has 6 rings (SSSR count). The van der Waals surface area contributed by atoms with Gasteiger partial charge in [-0.05, 0) is 43.0 Å². The molecule has 0 unspecified atom stereocenters. The number of halogens is 2. The Kier molecular flexibility index (Phi) is 6.02. The Morgan fingerprint density at radius 2 is 2.08 bits per heavy atom. The maximum Gasteiger partial charge on any atom is 0.341 e. The molecule has 0 bridgehead atoms. The Hall–Kier alpha value is -4.38. The molecule has 3 atom stereocenters. The summed E-state index contributed by atoms with van der Waals surface area (Å²) in [4.78, 5) is 35.1. The zero-order valence-corrected chi connectivity index (χ0v) is 21.4. The normalized spacial score (nSPS) is 19.7. The van der Waals surface area contributed by atoms with Crippen LogP contribution in [0.15, 0.2) is 53.6 Å². The van der Waals surface area contributed by atoms with Gasteiger partial charge in [0.15, 0.2) is 0 Å². The third-order valence-corrected chi connectivity index (χ3v) is 7.53. The molecule has 12 heteroatoms. The fraction of sp³-hybridized carbons (Fsp3) is 0.259. The number of aromatic nitrogens is 3. The molecule has 4 heterocycles. The number of carbonyl (C=O) groups is 1. The Bertz CT molecular complexity index is 1700. The topological polar surface area (TPSA) is 133 Å². The smallest absolute Gasteiger partial charge is 0.341 e. The molecule has 1 aliphatic carbocycles. The van der Waals surface area contributed by atoms with Crippen molar-refractivity contribution in [2.75, 3.05) is 24.4 Å². The second-order valence-corrected chi connectivity index (χ2v) is 10.0. The molecule has 10 nitrogen and oxygen atoms in total. The zero-order valence-electron chi connectivity index (χ0n) is 20.7. The van der Waals surface area contributed by atoms with E-state index in [4.69, 9.17) is 26.8 Å². The number of hydrogen-bond donors (Lipinski definition) is 2. The highest BCUT2D eigenvalue weighted by molar-refractivity contribution is 6.31. The van der Waals surface area contributed by atoms with Crippen molar-refractivity contribution in [1.82, 2.24) is 14.5 Å². The monoisotopic (exact) mass is 551 g/mol. The Balaban J connectivity index is 1.43. The van der Waals surface area contributed by atoms with Crippen molar-refractivity contribution in [1.29, 1.82) is 0 Å². The van der Waals surface area contributed by atoms with Crippen molar-refractivity contribution in [2.24, 2.45) is 5.92 Å². The summed E-state index contributed by atoms with van der Waals surface area (Å²) in [6, 6.07) is 9.06. The average Bonchev–Trinajstić information content (AvgIpc) is 3.58. The maximum absolute atomic E-state index is 15.7. The highest BCUT2D eigenvalue weighted by Gasteiger charge is 2.53. The van der Waals surface area contributed by atoms with Crippen molar-refractivity contribution < 1.29 is 23.8 Å². The number of hydrogen-bond acceptors (Lipinski definition) is 8. The fourth-order valence-electron chi connectivity index (χ4n) is 5.36. The molecular weight excluding hydrogens is 529 g/mol. The van der Waals surface area contributed by atoms with Crippen LogP contribution >= 0.6 is 11.6 Å². The molecule has 2 aliphatic rings. The van der Waals surface area contributed by atoms with E-state index in [0.29, 0.717) is 33.7 Å². The van der Waals surface area contributed by atoms with Crippen LogP contribution in [0.5, 0.6) is 11.8 Å². The standard InChI is InChI=1S/C27H23ClFN5O5/c1-38-24-3-2-18(28)26(32-24)39-12-15-6-13-7-20(13)34(15)22-10-21-16(9-19(22)29)25(35)17(27(36)37)11-33(21)14-4-5-31-23(30)8-14/h2-5,8-11,13,15,20H,6-7,12H2,1H3,(H2,30,31)(H,36,37)/t13-,15-,20+/m1/s1. The molecule has 1 saturated heterocycles. The molecule has 39 heavy (non-hydrogen) atoms. The molecule has 1 aliphatic heterocycles. The van der Waals surface area contributed by atoms with Gasteiger partial charge in [0.25, 0.3) is 0 Å². The van der Waals surface area contributed by atoms with E-state index < -0.39 is 22.8 Å². The fourth-order valence-corrected chi connectivity index (χ4v) is 5.52. The molecule has 4 aromatic rings. The summed E-state index contributed by atoms with van der Waals surface area (Å²) < 4.78 is 28.3. The summed E-state index contributed by atoms with van der Waals surface area (Å²) in [6.07, 6.45) is 4.40. The van der Waals surface area contributed by atoms with E-state index in [1.165, 1.54) is 24.1 Å². The first-order chi connectivity index (χ1) is 18.7. The number of fused-ring (bicyclic) bond motifs is 2. The molecule has 2 fully saturated rings. The molecule has 3 aromatic heterocycles. The molecule has 3 N–H and O–H groups in total. The second kappa shape index (κ2) is 9.42. The van der Waals surface area contributed by atoms with Gasteiger partial charge in [0, 0.05) is 36.0 Å². The quantitative estimate of drug-likeness (QED) is 0.351. The van der Waals surface area contributed by atoms with Gasteiger partial charge in [-0.3, -0.25) is 4.79 Å². The number of nitrogens with zero attached hydrogens (tertiary/aromatic N) is 4. The third kappa shape index (κ3) is 4.38. The van der Waals surface area contributed by atoms with E-state index >= 15 is 4.39 Å². The van der Waals surface area contributed by atoms with Crippen molar-refractivity contribution in [3.63, 3.8) is 0 Å². The van der Waals surface area contributed by atoms with Gasteiger partial charge >= 0.3 is 5.97 Å². The molecule has 0 amide bonds. The summed E-state index contributed by atoms with van der Waals surface area (Å²) in [5, 5.41) is 9.91. The number of carboxylic acids is 1. The molecule has 0 spiro atoms. The predicted molar refractivity (Wildman–Crippen MR) is 143 cm³/mol. The van der Waals surface area contributed by atoms with Crippen LogP contribution in [0.25, 0.3) is 16.6 Å². The molecular formula is C27H23ClFN5O5. The first kappa shape index (κ1) is 24.9. The predicted octanol–water partition coefficient (Wildman–Crippen LogP) is 3.91. The van der Waals surface area contributed by atoms with Crippen LogP contribution in [0.2, 0.25) is 5.02 Å². The van der Waals surface area contributed by atoms with Gasteiger partial charge in [-0.2, -0.15) is 4.98 Å². The van der Waals surface area contributed by atoms with Crippen LogP contribution in [0.1, 0.15) is 23.2 Å². The number of piperidine rings is 1. The van der Waals surface area contributed by atoms with Gasteiger partial charge < -0.3 is 29.8 Å². The molecule has 1 aromatic carbocycles. The van der Waals surface area contributed by atoms with Gasteiger partial charge in [-0.1, -0.05) is 11.6 Å². The number of nitrogens with two attached hydrogens (primary N) is 1. The highest BCUT2D eigenvalue weighted by Crippen LogP contribution is 2.50. The minimum atomic E-state index is -1.41. The number of methoxy groups -OCH3 is 1. The number of anilines is 2. The summed E-state index contributed by atoms with van der Waals surface area (Å²) in [6.45, 7) is 0.204. The number of nitrogen functional groups attached to an aromatic ring is 1. The first-order valence-electron chi connectivity index (χ1n) is 12.2. The number of aromatic carboxylic acids is 1. The molecule has 200 valence electrons. The van der Waals surface area contributed by atoms with Crippen LogP contribution in [-0.4, -0.2) is 51.4 Å². The number of ether oxygens (including phenoxy) is 2. The van der Waals surface area contributed by atoms with Crippen LogP contribution in [0, 0.1) is 11.7 Å². The van der Waals surface area contributed by atoms with E-state index in [1.807, 2.05) is 4.90 Å². The van der Waals surface area contributed by atoms with Crippen molar-refractivity contribution >= 4 is 40.0 Å². The summed E-state index contributed by atoms with van der Waals surface area (Å²) in [5.74, 6) is -0.861. The largest absolute Gasteiger partial charge is 0.481 e. The van der Waals surface area contributed by atoms with Crippen LogP contribution in [0.3, 0.4) is 0 Å². The van der Waals surface area contributed by atoms with E-state index in [1.54, 1.807) is 30.3 Å². The van der Waals surface area contributed by atoms with Crippen molar-refractivity contribution in [3.8, 4) is 17.4 Å². The van der Waals surface area contributed by atoms with Crippen molar-refractivity contribution in [2.45, 2.75) is 24.9 Å². The molecule has 1 saturated carbocycles. The number of benzene rings is 1.